The zero-order valence-corrected chi connectivity index (χ0v) is 16.8. The topological polar surface area (TPSA) is 62.6 Å². The third-order valence-corrected chi connectivity index (χ3v) is 5.47. The van der Waals surface area contributed by atoms with E-state index in [4.69, 9.17) is 4.42 Å². The number of rotatable bonds is 6. The summed E-state index contributed by atoms with van der Waals surface area (Å²) in [5, 5.41) is 2.92. The number of carbonyl (C=O) groups excluding carboxylic acids is 2. The molecule has 0 unspecified atom stereocenters. The largest absolute Gasteiger partial charge is 0.459 e. The van der Waals surface area contributed by atoms with Crippen molar-refractivity contribution in [1.82, 2.24) is 5.32 Å². The van der Waals surface area contributed by atoms with E-state index in [9.17, 15) is 18.4 Å². The normalized spacial score (nSPS) is 14.9. The molecule has 1 saturated carbocycles. The van der Waals surface area contributed by atoms with Gasteiger partial charge >= 0.3 is 0 Å². The smallest absolute Gasteiger partial charge is 0.295 e. The molecule has 0 spiro atoms. The first kappa shape index (κ1) is 20.8. The van der Waals surface area contributed by atoms with Gasteiger partial charge in [-0.05, 0) is 43.2 Å². The number of para-hydroxylation sites is 1. The molecular weight excluding hydrogens is 402 g/mol. The zero-order chi connectivity index (χ0) is 21.8. The number of amides is 2. The van der Waals surface area contributed by atoms with Crippen molar-refractivity contribution in [3.63, 3.8) is 0 Å². The van der Waals surface area contributed by atoms with Crippen LogP contribution in [0.2, 0.25) is 0 Å². The summed E-state index contributed by atoms with van der Waals surface area (Å²) in [5.74, 6) is -2.77. The fraction of sp³-hybridized carbons (Fsp3) is 0.250. The third-order valence-electron chi connectivity index (χ3n) is 5.47. The van der Waals surface area contributed by atoms with Crippen molar-refractivity contribution < 1.29 is 22.8 Å². The van der Waals surface area contributed by atoms with Gasteiger partial charge in [0.2, 0.25) is 5.91 Å². The molecule has 1 aliphatic carbocycles. The van der Waals surface area contributed by atoms with Gasteiger partial charge in [0, 0.05) is 11.6 Å². The van der Waals surface area contributed by atoms with E-state index in [2.05, 4.69) is 5.32 Å². The van der Waals surface area contributed by atoms with Crippen LogP contribution < -0.4 is 10.2 Å². The highest BCUT2D eigenvalue weighted by Gasteiger charge is 2.38. The SMILES string of the molecule is O=C(NC1CCCC1)[C@H](c1ccccc1F)N(C(=O)c1ccco1)c1ccccc1F. The van der Waals surface area contributed by atoms with E-state index in [1.165, 1.54) is 54.8 Å². The lowest BCUT2D eigenvalue weighted by Crippen LogP contribution is -2.47. The number of furan rings is 1. The van der Waals surface area contributed by atoms with Gasteiger partial charge in [-0.2, -0.15) is 0 Å². The van der Waals surface area contributed by atoms with Gasteiger partial charge in [-0.25, -0.2) is 8.78 Å². The molecule has 0 aliphatic heterocycles. The summed E-state index contributed by atoms with van der Waals surface area (Å²) in [7, 11) is 0. The number of anilines is 1. The van der Waals surface area contributed by atoms with Crippen LogP contribution in [0, 0.1) is 11.6 Å². The Labute approximate surface area is 178 Å². The van der Waals surface area contributed by atoms with Gasteiger partial charge in [0.1, 0.15) is 17.7 Å². The Morgan fingerprint density at radius 3 is 2.26 bits per heavy atom. The van der Waals surface area contributed by atoms with E-state index in [0.717, 1.165) is 30.6 Å². The molecule has 2 amide bonds. The van der Waals surface area contributed by atoms with E-state index in [1.54, 1.807) is 12.1 Å². The molecule has 3 aromatic rings. The monoisotopic (exact) mass is 424 g/mol. The van der Waals surface area contributed by atoms with E-state index in [-0.39, 0.29) is 23.1 Å². The molecule has 31 heavy (non-hydrogen) atoms. The van der Waals surface area contributed by atoms with E-state index >= 15 is 0 Å². The molecule has 1 fully saturated rings. The van der Waals surface area contributed by atoms with Crippen molar-refractivity contribution in [2.75, 3.05) is 4.90 Å². The van der Waals surface area contributed by atoms with Crippen LogP contribution in [-0.2, 0) is 4.79 Å². The van der Waals surface area contributed by atoms with Gasteiger partial charge < -0.3 is 9.73 Å². The molecule has 2 aromatic carbocycles. The number of nitrogens with one attached hydrogen (secondary N) is 1. The van der Waals surface area contributed by atoms with Gasteiger partial charge in [-0.15, -0.1) is 0 Å². The van der Waals surface area contributed by atoms with Crippen LogP contribution in [0.25, 0.3) is 0 Å². The Bertz CT molecular complexity index is 1060. The number of nitrogens with zero attached hydrogens (tertiary/aromatic N) is 1. The third kappa shape index (κ3) is 4.35. The van der Waals surface area contributed by atoms with Crippen molar-refractivity contribution in [3.8, 4) is 0 Å². The van der Waals surface area contributed by atoms with Crippen LogP contribution >= 0.6 is 0 Å². The molecule has 5 nitrogen and oxygen atoms in total. The molecule has 1 N–H and O–H groups in total. The fourth-order valence-corrected chi connectivity index (χ4v) is 3.98. The quantitative estimate of drug-likeness (QED) is 0.605. The van der Waals surface area contributed by atoms with Crippen molar-refractivity contribution in [1.29, 1.82) is 0 Å². The minimum absolute atomic E-state index is 0.0267. The zero-order valence-electron chi connectivity index (χ0n) is 16.8. The second-order valence-corrected chi connectivity index (χ2v) is 7.52. The summed E-state index contributed by atoms with van der Waals surface area (Å²) in [6.45, 7) is 0. The molecule has 4 rings (SSSR count). The average Bonchev–Trinajstić information content (AvgIpc) is 3.47. The first-order valence-electron chi connectivity index (χ1n) is 10.2. The van der Waals surface area contributed by atoms with Crippen molar-refractivity contribution in [2.45, 2.75) is 37.8 Å². The lowest BCUT2D eigenvalue weighted by atomic mass is 10.0. The van der Waals surface area contributed by atoms with Crippen LogP contribution in [0.5, 0.6) is 0 Å². The lowest BCUT2D eigenvalue weighted by Gasteiger charge is -2.32. The maximum atomic E-state index is 14.9. The van der Waals surface area contributed by atoms with Crippen molar-refractivity contribution >= 4 is 17.5 Å². The molecule has 1 aromatic heterocycles. The Morgan fingerprint density at radius 1 is 0.935 bits per heavy atom. The van der Waals surface area contributed by atoms with Gasteiger partial charge in [0.25, 0.3) is 5.91 Å². The van der Waals surface area contributed by atoms with Gasteiger partial charge in [-0.3, -0.25) is 14.5 Å². The standard InChI is InChI=1S/C24H22F2N2O3/c25-18-11-4-3-10-17(18)22(23(29)27-16-8-1-2-9-16)28(20-13-6-5-12-19(20)26)24(30)21-14-7-15-31-21/h3-7,10-16,22H,1-2,8-9H2,(H,27,29)/t22-/m0/s1. The van der Waals surface area contributed by atoms with Gasteiger partial charge in [0.05, 0.1) is 12.0 Å². The highest BCUT2D eigenvalue weighted by molar-refractivity contribution is 6.08. The number of hydrogen-bond donors (Lipinski definition) is 1. The van der Waals surface area contributed by atoms with Gasteiger partial charge in [0.15, 0.2) is 5.76 Å². The predicted molar refractivity (Wildman–Crippen MR) is 111 cm³/mol. The predicted octanol–water partition coefficient (Wildman–Crippen LogP) is 5.00. The van der Waals surface area contributed by atoms with Crippen LogP contribution in [0.15, 0.2) is 71.3 Å². The summed E-state index contributed by atoms with van der Waals surface area (Å²) in [6.07, 6.45) is 4.89. The number of benzene rings is 2. The number of carbonyl (C=O) groups is 2. The van der Waals surface area contributed by atoms with Crippen LogP contribution in [0.1, 0.15) is 47.8 Å². The number of hydrogen-bond acceptors (Lipinski definition) is 3. The first-order valence-corrected chi connectivity index (χ1v) is 10.2. The minimum Gasteiger partial charge on any atom is -0.459 e. The molecule has 1 heterocycles. The molecule has 1 aliphatic rings. The summed E-state index contributed by atoms with van der Waals surface area (Å²) in [4.78, 5) is 27.8. The molecule has 160 valence electrons. The lowest BCUT2D eigenvalue weighted by molar-refractivity contribution is -0.123. The van der Waals surface area contributed by atoms with Crippen molar-refractivity contribution in [3.05, 3.63) is 89.9 Å². The van der Waals surface area contributed by atoms with E-state index in [1.807, 2.05) is 0 Å². The Balaban J connectivity index is 1.84. The highest BCUT2D eigenvalue weighted by Crippen LogP contribution is 2.33. The number of halogens is 2. The fourth-order valence-electron chi connectivity index (χ4n) is 3.98. The maximum Gasteiger partial charge on any atom is 0.295 e. The highest BCUT2D eigenvalue weighted by atomic mass is 19.1. The van der Waals surface area contributed by atoms with Crippen LogP contribution in [0.4, 0.5) is 14.5 Å². The summed E-state index contributed by atoms with van der Waals surface area (Å²) in [5.41, 5.74) is -0.167. The van der Waals surface area contributed by atoms with Crippen LogP contribution in [-0.4, -0.2) is 17.9 Å². The molecule has 0 saturated heterocycles. The molecule has 0 bridgehead atoms. The Hall–Kier alpha value is -3.48. The Kier molecular flexibility index (Phi) is 6.11. The molecular formula is C24H22F2N2O3. The molecule has 1 atom stereocenters. The minimum atomic E-state index is -1.42. The van der Waals surface area contributed by atoms with E-state index < -0.39 is 29.5 Å². The average molecular weight is 424 g/mol. The Morgan fingerprint density at radius 2 is 1.61 bits per heavy atom. The van der Waals surface area contributed by atoms with Crippen LogP contribution in [0.3, 0.4) is 0 Å². The summed E-state index contributed by atoms with van der Waals surface area (Å²) < 4.78 is 34.9. The second-order valence-electron chi connectivity index (χ2n) is 7.52. The summed E-state index contributed by atoms with van der Waals surface area (Å²) in [6, 6.07) is 12.8. The second kappa shape index (κ2) is 9.12. The van der Waals surface area contributed by atoms with Gasteiger partial charge in [-0.1, -0.05) is 43.2 Å². The maximum absolute atomic E-state index is 14.9. The summed E-state index contributed by atoms with van der Waals surface area (Å²) >= 11 is 0. The first-order chi connectivity index (χ1) is 15.1. The van der Waals surface area contributed by atoms with E-state index in [0.29, 0.717) is 0 Å². The molecule has 7 heteroatoms. The van der Waals surface area contributed by atoms with Crippen molar-refractivity contribution in [2.24, 2.45) is 0 Å². The molecule has 0 radical (unpaired) electrons.